The fraction of sp³-hybridized carbons (Fsp3) is 0.809. The molecule has 0 spiro atoms. The monoisotopic (exact) mass is 1450 g/mol. The molecule has 588 valence electrons. The van der Waals surface area contributed by atoms with E-state index in [0.717, 1.165) is 231 Å². The lowest BCUT2D eigenvalue weighted by molar-refractivity contribution is -0.144. The molecule has 1 rings (SSSR count). The highest BCUT2D eigenvalue weighted by Gasteiger charge is 2.20. The second-order valence-corrected chi connectivity index (χ2v) is 32.2. The zero-order valence-electron chi connectivity index (χ0n) is 66.5. The van der Waals surface area contributed by atoms with E-state index in [0.29, 0.717) is 39.2 Å². The summed E-state index contributed by atoms with van der Waals surface area (Å²) >= 11 is 0. The summed E-state index contributed by atoms with van der Waals surface area (Å²) in [7, 11) is 3.97. The van der Waals surface area contributed by atoms with Gasteiger partial charge in [-0.3, -0.25) is 24.4 Å². The van der Waals surface area contributed by atoms with Crippen LogP contribution >= 0.6 is 21.6 Å². The zero-order chi connectivity index (χ0) is 72.9. The minimum absolute atomic E-state index is 0.121. The van der Waals surface area contributed by atoms with Crippen LogP contribution in [-0.4, -0.2) is 167 Å². The number of aliphatic hydroxyl groups is 4. The number of piperazine rings is 1. The van der Waals surface area contributed by atoms with Crippen molar-refractivity contribution in [2.75, 3.05) is 96.6 Å². The molecule has 0 bridgehead atoms. The minimum Gasteiger partial charge on any atom is -0.464 e. The third-order valence-corrected chi connectivity index (χ3v) is 22.1. The maximum Gasteiger partial charge on any atom is 0.305 e. The van der Waals surface area contributed by atoms with Crippen molar-refractivity contribution < 1.29 is 30.0 Å². The van der Waals surface area contributed by atoms with Crippen LogP contribution in [0.4, 0.5) is 0 Å². The van der Waals surface area contributed by atoms with E-state index in [1.807, 2.05) is 21.6 Å². The van der Waals surface area contributed by atoms with Crippen LogP contribution in [0.5, 0.6) is 0 Å². The summed E-state index contributed by atoms with van der Waals surface area (Å²) in [6.45, 7) is 19.4. The fourth-order valence-electron chi connectivity index (χ4n) is 13.2. The Labute approximate surface area is 633 Å². The molecule has 0 aliphatic carbocycles. The Morgan fingerprint density at radius 2 is 0.644 bits per heavy atom. The highest BCUT2D eigenvalue weighted by Crippen LogP contribution is 2.24. The minimum atomic E-state index is -0.404. The van der Waals surface area contributed by atoms with E-state index in [4.69, 9.17) is 4.74 Å². The van der Waals surface area contributed by atoms with Crippen LogP contribution in [0.1, 0.15) is 342 Å². The van der Waals surface area contributed by atoms with E-state index in [2.05, 4.69) is 145 Å². The summed E-state index contributed by atoms with van der Waals surface area (Å²) in [6, 6.07) is 0. The van der Waals surface area contributed by atoms with Gasteiger partial charge in [-0.2, -0.15) is 0 Å². The van der Waals surface area contributed by atoms with Gasteiger partial charge in [0.25, 0.3) is 0 Å². The topological polar surface area (TPSA) is 120 Å². The molecular weight excluding hydrogens is 1290 g/mol. The lowest BCUT2D eigenvalue weighted by Gasteiger charge is -2.34. The Balaban J connectivity index is 2.45. The number of allylic oxidation sites excluding steroid dienone is 16. The maximum absolute atomic E-state index is 12.9. The largest absolute Gasteiger partial charge is 0.464 e. The van der Waals surface area contributed by atoms with E-state index in [9.17, 15) is 25.2 Å². The number of aliphatic hydroxyl groups excluding tert-OH is 4. The van der Waals surface area contributed by atoms with Gasteiger partial charge in [0, 0.05) is 83.4 Å². The van der Waals surface area contributed by atoms with Crippen molar-refractivity contribution in [3.63, 3.8) is 0 Å². The molecule has 0 aromatic rings. The molecule has 4 unspecified atom stereocenters. The second-order valence-electron chi connectivity index (χ2n) is 29.5. The van der Waals surface area contributed by atoms with Gasteiger partial charge in [-0.1, -0.05) is 288 Å². The fourth-order valence-corrected chi connectivity index (χ4v) is 15.4. The third kappa shape index (κ3) is 71.8. The Morgan fingerprint density at radius 1 is 0.347 bits per heavy atom. The molecule has 1 aliphatic rings. The number of nitrogens with zero attached hydrogens (tertiary/aromatic N) is 4. The molecule has 0 aromatic heterocycles. The highest BCUT2D eigenvalue weighted by molar-refractivity contribution is 8.76. The van der Waals surface area contributed by atoms with Gasteiger partial charge in [0.05, 0.1) is 24.4 Å². The molecule has 0 saturated carbocycles. The van der Waals surface area contributed by atoms with Gasteiger partial charge in [-0.25, -0.2) is 0 Å². The van der Waals surface area contributed by atoms with Crippen LogP contribution < -0.4 is 0 Å². The number of ether oxygens (including phenoxy) is 1. The number of esters is 1. The van der Waals surface area contributed by atoms with Gasteiger partial charge < -0.3 is 25.2 Å². The van der Waals surface area contributed by atoms with E-state index in [1.165, 1.54) is 141 Å². The zero-order valence-corrected chi connectivity index (χ0v) is 68.1. The van der Waals surface area contributed by atoms with Crippen LogP contribution in [0, 0.1) is 0 Å². The Bertz CT molecular complexity index is 1870. The van der Waals surface area contributed by atoms with Crippen molar-refractivity contribution >= 4 is 27.6 Å². The smallest absolute Gasteiger partial charge is 0.305 e. The quantitative estimate of drug-likeness (QED) is 0.0201. The van der Waals surface area contributed by atoms with Crippen molar-refractivity contribution in [2.45, 2.75) is 367 Å². The molecule has 4 N–H and O–H groups in total. The second kappa shape index (κ2) is 78.8. The van der Waals surface area contributed by atoms with Crippen molar-refractivity contribution in [1.29, 1.82) is 0 Å². The van der Waals surface area contributed by atoms with Crippen LogP contribution in [-0.2, 0) is 9.53 Å². The van der Waals surface area contributed by atoms with Crippen molar-refractivity contribution in [1.82, 2.24) is 19.6 Å². The Hall–Kier alpha value is -2.23. The summed E-state index contributed by atoms with van der Waals surface area (Å²) in [4.78, 5) is 22.5. The average molecular weight is 1450 g/mol. The number of hydrogen-bond donors (Lipinski definition) is 4. The summed E-state index contributed by atoms with van der Waals surface area (Å²) in [5.41, 5.74) is 0. The average Bonchev–Trinajstić information content (AvgIpc) is 1.08. The molecule has 0 amide bonds. The van der Waals surface area contributed by atoms with Gasteiger partial charge in [0.1, 0.15) is 6.61 Å². The third-order valence-electron chi connectivity index (χ3n) is 19.6. The van der Waals surface area contributed by atoms with Gasteiger partial charge in [-0.05, 0) is 180 Å². The standard InChI is InChI=1S/C89H164N4O6S2/c1-5-9-13-17-21-25-29-33-37-41-45-49-53-57-65-85(94)81-92(82-86(95)66-58-54-50-46-42-38-34-30-26-22-18-14-10-6-2)70-62-61-69-89(98)99-78-76-90-72-74-91(75-73-90)77-80-101-100-79-64-63-71-93(83-87(96)67-59-55-51-47-43-39-35-31-27-23-19-15-11-7-3)84-88(97)68-60-56-52-48-44-40-36-32-28-24-20-16-12-8-4/h11-12,15-16,23-24,27-28,33-40,85-88,94-97H,5-10,13-14,17-22,25-26,29-32,41-84H2,1-4H3/b15-11-,16-12-,27-23-,28-24-,37-33-,38-34-,39-35-,40-36-. The number of unbranched alkanes of at least 4 members (excludes halogenated alkanes) is 30. The van der Waals surface area contributed by atoms with Crippen molar-refractivity contribution in [3.8, 4) is 0 Å². The molecule has 10 nitrogen and oxygen atoms in total. The lowest BCUT2D eigenvalue weighted by atomic mass is 10.1. The van der Waals surface area contributed by atoms with E-state index < -0.39 is 12.2 Å². The van der Waals surface area contributed by atoms with Gasteiger partial charge in [0.15, 0.2) is 0 Å². The van der Waals surface area contributed by atoms with Crippen LogP contribution in [0.3, 0.4) is 0 Å². The molecule has 1 heterocycles. The highest BCUT2D eigenvalue weighted by atomic mass is 33.1. The van der Waals surface area contributed by atoms with Crippen LogP contribution in [0.15, 0.2) is 97.2 Å². The number of carbonyl (C=O) groups is 1. The summed E-state index contributed by atoms with van der Waals surface area (Å²) in [5.74, 6) is 2.10. The first kappa shape index (κ1) is 96.8. The molecule has 1 fully saturated rings. The molecule has 12 heteroatoms. The van der Waals surface area contributed by atoms with Crippen LogP contribution in [0.25, 0.3) is 0 Å². The maximum atomic E-state index is 12.9. The van der Waals surface area contributed by atoms with Gasteiger partial charge in [-0.15, -0.1) is 0 Å². The molecule has 101 heavy (non-hydrogen) atoms. The normalized spacial score (nSPS) is 15.1. The molecule has 1 aliphatic heterocycles. The van der Waals surface area contributed by atoms with Crippen molar-refractivity contribution in [2.24, 2.45) is 0 Å². The summed E-state index contributed by atoms with van der Waals surface area (Å²) in [6.07, 6.45) is 90.6. The van der Waals surface area contributed by atoms with E-state index >= 15 is 0 Å². The molecule has 0 radical (unpaired) electrons. The molecule has 1 saturated heterocycles. The van der Waals surface area contributed by atoms with E-state index in [1.54, 1.807) is 0 Å². The molecular formula is C89H164N4O6S2. The first-order valence-electron chi connectivity index (χ1n) is 42.9. The van der Waals surface area contributed by atoms with Gasteiger partial charge in [0.2, 0.25) is 0 Å². The Morgan fingerprint density at radius 3 is 1.01 bits per heavy atom. The van der Waals surface area contributed by atoms with Gasteiger partial charge >= 0.3 is 5.97 Å². The summed E-state index contributed by atoms with van der Waals surface area (Å²) in [5, 5.41) is 44.8. The number of hydrogen-bond acceptors (Lipinski definition) is 12. The van der Waals surface area contributed by atoms with E-state index in [-0.39, 0.29) is 18.2 Å². The molecule has 4 atom stereocenters. The predicted octanol–water partition coefficient (Wildman–Crippen LogP) is 23.2. The predicted molar refractivity (Wildman–Crippen MR) is 448 cm³/mol. The lowest BCUT2D eigenvalue weighted by Crippen LogP contribution is -2.47. The SMILES string of the molecule is CC/C=C\C/C=C\C/C=C\CCCCCCC(O)CN(CCCCSSCCN1CCN(CCOC(=O)CCCCN(CC(O)CCCCCC/C=C\CCCCCCCC)CC(O)CCCCCC/C=C\CCCCCCCC)CC1)CC(O)CCCCCC/C=C\C/C=C\C/C=C\CC. The first-order valence-corrected chi connectivity index (χ1v) is 45.4. The van der Waals surface area contributed by atoms with Crippen molar-refractivity contribution in [3.05, 3.63) is 97.2 Å². The number of rotatable bonds is 77. The number of carbonyl (C=O) groups excluding carboxylic acids is 1. The summed E-state index contributed by atoms with van der Waals surface area (Å²) < 4.78 is 5.76. The molecule has 0 aromatic carbocycles. The van der Waals surface area contributed by atoms with Crippen LogP contribution in [0.2, 0.25) is 0 Å². The first-order chi connectivity index (χ1) is 49.7. The Kier molecular flexibility index (Phi) is 75.5.